The third-order valence-electron chi connectivity index (χ3n) is 1.09. The number of rotatable bonds is 4. The van der Waals surface area contributed by atoms with Gasteiger partial charge in [0, 0.05) is 4.92 Å². The Morgan fingerprint density at radius 2 is 2.30 bits per heavy atom. The van der Waals surface area contributed by atoms with Crippen molar-refractivity contribution < 1.29 is 9.72 Å². The summed E-state index contributed by atoms with van der Waals surface area (Å²) in [4.78, 5) is 19.9. The number of nitrogens with two attached hydrogens (primary N) is 1. The molecule has 0 bridgehead atoms. The van der Waals surface area contributed by atoms with Crippen LogP contribution < -0.4 is 5.73 Å². The van der Waals surface area contributed by atoms with Crippen LogP contribution in [0.1, 0.15) is 13.3 Å². The molecule has 0 rings (SSSR count). The van der Waals surface area contributed by atoms with Crippen LogP contribution in [0.4, 0.5) is 0 Å². The van der Waals surface area contributed by atoms with Gasteiger partial charge in [0.15, 0.2) is 0 Å². The fraction of sp³-hybridized carbons (Fsp3) is 0.800. The van der Waals surface area contributed by atoms with Crippen LogP contribution in [0.15, 0.2) is 0 Å². The molecule has 1 unspecified atom stereocenters. The summed E-state index contributed by atoms with van der Waals surface area (Å²) in [6.07, 6.45) is -0.0660. The van der Waals surface area contributed by atoms with Crippen molar-refractivity contribution in [2.24, 2.45) is 5.73 Å². The van der Waals surface area contributed by atoms with Crippen LogP contribution in [0.2, 0.25) is 0 Å². The van der Waals surface area contributed by atoms with E-state index in [9.17, 15) is 14.9 Å². The van der Waals surface area contributed by atoms with E-state index in [0.29, 0.717) is 0 Å². The molecule has 0 spiro atoms. The van der Waals surface area contributed by atoms with Crippen LogP contribution in [-0.4, -0.2) is 23.3 Å². The predicted molar refractivity (Wildman–Crippen MR) is 35.1 cm³/mol. The lowest BCUT2D eigenvalue weighted by atomic mass is 10.2. The molecule has 1 atom stereocenters. The average Bonchev–Trinajstić information content (AvgIpc) is 1.81. The molecule has 0 radical (unpaired) electrons. The van der Waals surface area contributed by atoms with E-state index in [-0.39, 0.29) is 18.7 Å². The highest BCUT2D eigenvalue weighted by atomic mass is 16.6. The Morgan fingerprint density at radius 1 is 1.80 bits per heavy atom. The highest BCUT2D eigenvalue weighted by Crippen LogP contribution is 1.94. The number of hydrogen-bond donors (Lipinski definition) is 1. The number of hydrogen-bond acceptors (Lipinski definition) is 4. The fourth-order valence-electron chi connectivity index (χ4n) is 0.576. The van der Waals surface area contributed by atoms with Gasteiger partial charge in [-0.3, -0.25) is 14.9 Å². The van der Waals surface area contributed by atoms with Gasteiger partial charge in [0.25, 0.3) is 0 Å². The number of ketones is 1. The van der Waals surface area contributed by atoms with Crippen LogP contribution >= 0.6 is 0 Å². The summed E-state index contributed by atoms with van der Waals surface area (Å²) in [5.41, 5.74) is 5.03. The Kier molecular flexibility index (Phi) is 3.56. The molecule has 0 aliphatic heterocycles. The van der Waals surface area contributed by atoms with E-state index in [2.05, 4.69) is 0 Å². The molecule has 0 heterocycles. The van der Waals surface area contributed by atoms with Crippen molar-refractivity contribution >= 4 is 5.78 Å². The fourth-order valence-corrected chi connectivity index (χ4v) is 0.576. The standard InChI is InChI=1S/C5H10N2O3/c1-4(8)2-5(3-6)7(9)10/h5H,2-3,6H2,1H3. The van der Waals surface area contributed by atoms with Gasteiger partial charge in [-0.25, -0.2) is 0 Å². The molecular weight excluding hydrogens is 136 g/mol. The molecule has 0 aliphatic rings. The molecule has 0 aliphatic carbocycles. The van der Waals surface area contributed by atoms with Crippen molar-refractivity contribution in [1.82, 2.24) is 0 Å². The van der Waals surface area contributed by atoms with E-state index >= 15 is 0 Å². The molecule has 10 heavy (non-hydrogen) atoms. The minimum absolute atomic E-state index is 0.0660. The van der Waals surface area contributed by atoms with Crippen LogP contribution in [0.5, 0.6) is 0 Å². The van der Waals surface area contributed by atoms with Crippen LogP contribution in [-0.2, 0) is 4.79 Å². The van der Waals surface area contributed by atoms with Crippen molar-refractivity contribution in [3.63, 3.8) is 0 Å². The van der Waals surface area contributed by atoms with Gasteiger partial charge in [0.2, 0.25) is 6.04 Å². The largest absolute Gasteiger partial charge is 0.325 e. The molecule has 5 heteroatoms. The first-order valence-electron chi connectivity index (χ1n) is 2.91. The van der Waals surface area contributed by atoms with E-state index in [0.717, 1.165) is 0 Å². The predicted octanol–water partition coefficient (Wildman–Crippen LogP) is -0.430. The molecule has 0 fully saturated rings. The average molecular weight is 146 g/mol. The maximum atomic E-state index is 10.4. The topological polar surface area (TPSA) is 86.2 Å². The number of carbonyl (C=O) groups is 1. The van der Waals surface area contributed by atoms with Gasteiger partial charge in [0.05, 0.1) is 13.0 Å². The van der Waals surface area contributed by atoms with E-state index in [1.165, 1.54) is 6.92 Å². The zero-order valence-electron chi connectivity index (χ0n) is 5.74. The zero-order chi connectivity index (χ0) is 8.15. The smallest absolute Gasteiger partial charge is 0.232 e. The maximum Gasteiger partial charge on any atom is 0.232 e. The number of Topliss-reactive ketones (excluding diaryl/α,β-unsaturated/α-hetero) is 1. The molecule has 2 N–H and O–H groups in total. The first-order valence-corrected chi connectivity index (χ1v) is 2.91. The lowest BCUT2D eigenvalue weighted by Gasteiger charge is -2.02. The van der Waals surface area contributed by atoms with Gasteiger partial charge in [0.1, 0.15) is 5.78 Å². The highest BCUT2D eigenvalue weighted by molar-refractivity contribution is 5.75. The van der Waals surface area contributed by atoms with E-state index in [4.69, 9.17) is 5.73 Å². The Morgan fingerprint density at radius 3 is 2.40 bits per heavy atom. The SMILES string of the molecule is CC(=O)CC(CN)[N+](=O)[O-]. The molecule has 0 amide bonds. The first-order chi connectivity index (χ1) is 4.57. The second kappa shape index (κ2) is 3.94. The van der Waals surface area contributed by atoms with Gasteiger partial charge in [-0.2, -0.15) is 0 Å². The molecular formula is C5H10N2O3. The zero-order valence-corrected chi connectivity index (χ0v) is 5.74. The third-order valence-corrected chi connectivity index (χ3v) is 1.09. The summed E-state index contributed by atoms with van der Waals surface area (Å²) in [6, 6.07) is -0.905. The molecule has 5 nitrogen and oxygen atoms in total. The Hall–Kier alpha value is -0.970. The van der Waals surface area contributed by atoms with Gasteiger partial charge >= 0.3 is 0 Å². The van der Waals surface area contributed by atoms with Gasteiger partial charge in [-0.1, -0.05) is 0 Å². The molecule has 0 aromatic carbocycles. The molecule has 58 valence electrons. The molecule has 0 saturated carbocycles. The summed E-state index contributed by atoms with van der Waals surface area (Å²) in [6.45, 7) is 1.23. The van der Waals surface area contributed by atoms with Crippen LogP contribution in [0.25, 0.3) is 0 Å². The van der Waals surface area contributed by atoms with Crippen molar-refractivity contribution in [1.29, 1.82) is 0 Å². The number of nitrogens with zero attached hydrogens (tertiary/aromatic N) is 1. The monoisotopic (exact) mass is 146 g/mol. The maximum absolute atomic E-state index is 10.4. The lowest BCUT2D eigenvalue weighted by molar-refractivity contribution is -0.518. The molecule has 0 aromatic rings. The van der Waals surface area contributed by atoms with Crippen molar-refractivity contribution in [3.05, 3.63) is 10.1 Å². The van der Waals surface area contributed by atoms with Crippen LogP contribution in [0.3, 0.4) is 0 Å². The summed E-state index contributed by atoms with van der Waals surface area (Å²) in [5, 5.41) is 10.0. The second-order valence-corrected chi connectivity index (χ2v) is 2.08. The van der Waals surface area contributed by atoms with Gasteiger partial charge in [-0.15, -0.1) is 0 Å². The third kappa shape index (κ3) is 3.13. The van der Waals surface area contributed by atoms with Gasteiger partial charge < -0.3 is 5.73 Å². The minimum Gasteiger partial charge on any atom is -0.325 e. The van der Waals surface area contributed by atoms with E-state index in [1.807, 2.05) is 0 Å². The normalized spacial score (nSPS) is 12.6. The van der Waals surface area contributed by atoms with Crippen LogP contribution in [0, 0.1) is 10.1 Å². The van der Waals surface area contributed by atoms with Crippen molar-refractivity contribution in [2.45, 2.75) is 19.4 Å². The Balaban J connectivity index is 3.83. The van der Waals surface area contributed by atoms with Gasteiger partial charge in [-0.05, 0) is 6.92 Å². The summed E-state index contributed by atoms with van der Waals surface area (Å²) in [7, 11) is 0. The Labute approximate surface area is 58.4 Å². The molecule has 0 saturated heterocycles. The number of carbonyl (C=O) groups excluding carboxylic acids is 1. The lowest BCUT2D eigenvalue weighted by Crippen LogP contribution is -2.30. The van der Waals surface area contributed by atoms with E-state index in [1.54, 1.807) is 0 Å². The minimum atomic E-state index is -0.905. The number of nitro groups is 1. The highest BCUT2D eigenvalue weighted by Gasteiger charge is 2.19. The molecule has 0 aromatic heterocycles. The second-order valence-electron chi connectivity index (χ2n) is 2.08. The summed E-state index contributed by atoms with van der Waals surface area (Å²) in [5.74, 6) is -0.202. The summed E-state index contributed by atoms with van der Waals surface area (Å²) >= 11 is 0. The van der Waals surface area contributed by atoms with Crippen molar-refractivity contribution in [2.75, 3.05) is 6.54 Å². The Bertz CT molecular complexity index is 146. The first kappa shape index (κ1) is 9.03. The quantitative estimate of drug-likeness (QED) is 0.430. The summed E-state index contributed by atoms with van der Waals surface area (Å²) < 4.78 is 0. The van der Waals surface area contributed by atoms with Crippen molar-refractivity contribution in [3.8, 4) is 0 Å². The van der Waals surface area contributed by atoms with E-state index < -0.39 is 11.0 Å².